The number of morpholine rings is 1. The topological polar surface area (TPSA) is 85.7 Å². The van der Waals surface area contributed by atoms with E-state index >= 15 is 0 Å². The monoisotopic (exact) mass is 458 g/mol. The van der Waals surface area contributed by atoms with Gasteiger partial charge in [0.15, 0.2) is 0 Å². The van der Waals surface area contributed by atoms with Crippen molar-refractivity contribution in [2.75, 3.05) is 51.0 Å². The minimum atomic E-state index is -0.203. The standard InChI is InChI=1S/C23H30N4O4S/c1-30-18-8-6-17(7-9-18)24-21(28)16-32-22-19-4-2-5-20(19)27(23(29)25-22)11-3-10-26-12-14-31-15-13-26/h6-9H,2-5,10-16H2,1H3,(H,24,28). The zero-order valence-electron chi connectivity index (χ0n) is 18.5. The average molecular weight is 459 g/mol. The van der Waals surface area contributed by atoms with Crippen molar-refractivity contribution in [3.8, 4) is 5.75 Å². The third kappa shape index (κ3) is 5.70. The van der Waals surface area contributed by atoms with Crippen LogP contribution in [-0.2, 0) is 28.9 Å². The zero-order chi connectivity index (χ0) is 22.3. The highest BCUT2D eigenvalue weighted by atomic mass is 32.2. The fraction of sp³-hybridized carbons (Fsp3) is 0.522. The van der Waals surface area contributed by atoms with E-state index in [1.165, 1.54) is 11.8 Å². The number of benzene rings is 1. The molecule has 32 heavy (non-hydrogen) atoms. The van der Waals surface area contributed by atoms with E-state index < -0.39 is 0 Å². The molecule has 2 aromatic rings. The van der Waals surface area contributed by atoms with Crippen molar-refractivity contribution in [3.05, 3.63) is 46.0 Å². The maximum Gasteiger partial charge on any atom is 0.348 e. The SMILES string of the molecule is COc1ccc(NC(=O)CSc2nc(=O)n(CCCN3CCOCC3)c3c2CCC3)cc1. The largest absolute Gasteiger partial charge is 0.497 e. The molecule has 1 aromatic carbocycles. The molecule has 0 unspecified atom stereocenters. The van der Waals surface area contributed by atoms with Gasteiger partial charge in [-0.3, -0.25) is 14.3 Å². The summed E-state index contributed by atoms with van der Waals surface area (Å²) < 4.78 is 12.4. The van der Waals surface area contributed by atoms with Crippen molar-refractivity contribution < 1.29 is 14.3 Å². The van der Waals surface area contributed by atoms with Crippen molar-refractivity contribution in [1.82, 2.24) is 14.5 Å². The molecule has 4 rings (SSSR count). The minimum Gasteiger partial charge on any atom is -0.497 e. The number of hydrogen-bond acceptors (Lipinski definition) is 7. The van der Waals surface area contributed by atoms with E-state index in [0.717, 1.165) is 75.5 Å². The Bertz CT molecular complexity index is 987. The molecular formula is C23H30N4O4S. The normalized spacial score (nSPS) is 16.0. The first-order valence-electron chi connectivity index (χ1n) is 11.1. The van der Waals surface area contributed by atoms with Crippen LogP contribution in [0, 0.1) is 0 Å². The van der Waals surface area contributed by atoms with Gasteiger partial charge in [-0.2, -0.15) is 4.98 Å². The molecule has 2 aliphatic rings. The molecule has 0 bridgehead atoms. The Kier molecular flexibility index (Phi) is 7.83. The highest BCUT2D eigenvalue weighted by Crippen LogP contribution is 2.29. The number of amides is 1. The number of anilines is 1. The van der Waals surface area contributed by atoms with E-state index in [1.54, 1.807) is 31.4 Å². The second kappa shape index (κ2) is 11.0. The van der Waals surface area contributed by atoms with Gasteiger partial charge >= 0.3 is 5.69 Å². The second-order valence-electron chi connectivity index (χ2n) is 8.00. The summed E-state index contributed by atoms with van der Waals surface area (Å²) in [6.45, 7) is 5.14. The number of nitrogens with one attached hydrogen (secondary N) is 1. The smallest absolute Gasteiger partial charge is 0.348 e. The van der Waals surface area contributed by atoms with E-state index in [2.05, 4.69) is 15.2 Å². The van der Waals surface area contributed by atoms with Gasteiger partial charge in [0.2, 0.25) is 5.91 Å². The van der Waals surface area contributed by atoms with Gasteiger partial charge < -0.3 is 14.8 Å². The maximum absolute atomic E-state index is 12.8. The lowest BCUT2D eigenvalue weighted by Gasteiger charge is -2.26. The molecule has 0 atom stereocenters. The molecule has 1 aromatic heterocycles. The lowest BCUT2D eigenvalue weighted by molar-refractivity contribution is -0.113. The second-order valence-corrected chi connectivity index (χ2v) is 8.97. The summed E-state index contributed by atoms with van der Waals surface area (Å²) in [5, 5.41) is 3.58. The minimum absolute atomic E-state index is 0.122. The predicted molar refractivity (Wildman–Crippen MR) is 125 cm³/mol. The van der Waals surface area contributed by atoms with Crippen LogP contribution in [0.15, 0.2) is 34.1 Å². The molecule has 172 valence electrons. The van der Waals surface area contributed by atoms with Gasteiger partial charge in [-0.05, 0) is 49.9 Å². The number of thioether (sulfide) groups is 1. The van der Waals surface area contributed by atoms with E-state index in [4.69, 9.17) is 9.47 Å². The number of methoxy groups -OCH3 is 1. The van der Waals surface area contributed by atoms with E-state index in [0.29, 0.717) is 17.3 Å². The Morgan fingerprint density at radius 2 is 1.97 bits per heavy atom. The lowest BCUT2D eigenvalue weighted by atomic mass is 10.2. The Balaban J connectivity index is 1.35. The van der Waals surface area contributed by atoms with Crippen molar-refractivity contribution in [1.29, 1.82) is 0 Å². The number of aromatic nitrogens is 2. The number of ether oxygens (including phenoxy) is 2. The van der Waals surface area contributed by atoms with Crippen molar-refractivity contribution in [2.45, 2.75) is 37.3 Å². The fourth-order valence-corrected chi connectivity index (χ4v) is 5.10. The first-order valence-corrected chi connectivity index (χ1v) is 12.1. The quantitative estimate of drug-likeness (QED) is 0.455. The Morgan fingerprint density at radius 1 is 1.19 bits per heavy atom. The van der Waals surface area contributed by atoms with Gasteiger partial charge in [0.1, 0.15) is 10.8 Å². The van der Waals surface area contributed by atoms with Gasteiger partial charge in [-0.1, -0.05) is 11.8 Å². The summed E-state index contributed by atoms with van der Waals surface area (Å²) in [7, 11) is 1.60. The Hall–Kier alpha value is -2.36. The maximum atomic E-state index is 12.8. The molecule has 1 aliphatic heterocycles. The van der Waals surface area contributed by atoms with Crippen molar-refractivity contribution in [2.24, 2.45) is 0 Å². The molecule has 0 radical (unpaired) electrons. The number of hydrogen-bond donors (Lipinski definition) is 1. The molecule has 8 nitrogen and oxygen atoms in total. The van der Waals surface area contributed by atoms with E-state index in [1.807, 2.05) is 4.57 Å². The van der Waals surface area contributed by atoms with Crippen molar-refractivity contribution in [3.63, 3.8) is 0 Å². The van der Waals surface area contributed by atoms with Gasteiger partial charge in [0, 0.05) is 43.1 Å². The molecule has 0 spiro atoms. The van der Waals surface area contributed by atoms with Crippen LogP contribution in [0.5, 0.6) is 5.75 Å². The molecular weight excluding hydrogens is 428 g/mol. The summed E-state index contributed by atoms with van der Waals surface area (Å²) in [5.74, 6) is 0.831. The molecule has 9 heteroatoms. The molecule has 0 saturated carbocycles. The summed E-state index contributed by atoms with van der Waals surface area (Å²) >= 11 is 1.35. The van der Waals surface area contributed by atoms with Crippen LogP contribution in [0.4, 0.5) is 5.69 Å². The van der Waals surface area contributed by atoms with Crippen LogP contribution in [-0.4, -0.2) is 66.1 Å². The molecule has 2 heterocycles. The van der Waals surface area contributed by atoms with Crippen molar-refractivity contribution >= 4 is 23.4 Å². The lowest BCUT2D eigenvalue weighted by Crippen LogP contribution is -2.37. The van der Waals surface area contributed by atoms with Crippen LogP contribution in [0.3, 0.4) is 0 Å². The van der Waals surface area contributed by atoms with E-state index in [9.17, 15) is 9.59 Å². The predicted octanol–water partition coefficient (Wildman–Crippen LogP) is 2.19. The van der Waals surface area contributed by atoms with Crippen LogP contribution < -0.4 is 15.7 Å². The highest BCUT2D eigenvalue weighted by molar-refractivity contribution is 8.00. The number of carbonyl (C=O) groups excluding carboxylic acids is 1. The summed E-state index contributed by atoms with van der Waals surface area (Å²) in [6, 6.07) is 7.21. The summed E-state index contributed by atoms with van der Waals surface area (Å²) in [6.07, 6.45) is 3.76. The van der Waals surface area contributed by atoms with Gasteiger partial charge in [0.05, 0.1) is 26.1 Å². The van der Waals surface area contributed by atoms with Gasteiger partial charge in [-0.15, -0.1) is 0 Å². The number of carbonyl (C=O) groups is 1. The molecule has 1 aliphatic carbocycles. The molecule has 1 N–H and O–H groups in total. The molecule has 1 amide bonds. The third-order valence-corrected chi connectivity index (χ3v) is 6.89. The molecule has 1 saturated heterocycles. The van der Waals surface area contributed by atoms with E-state index in [-0.39, 0.29) is 17.3 Å². The third-order valence-electron chi connectivity index (χ3n) is 5.87. The summed E-state index contributed by atoms with van der Waals surface area (Å²) in [4.78, 5) is 31.9. The first-order chi connectivity index (χ1) is 15.6. The number of nitrogens with zero attached hydrogens (tertiary/aromatic N) is 3. The average Bonchev–Trinajstić information content (AvgIpc) is 3.30. The zero-order valence-corrected chi connectivity index (χ0v) is 19.3. The first kappa shape index (κ1) is 22.8. The number of rotatable bonds is 9. The highest BCUT2D eigenvalue weighted by Gasteiger charge is 2.22. The van der Waals surface area contributed by atoms with Crippen LogP contribution in [0.1, 0.15) is 24.1 Å². The van der Waals surface area contributed by atoms with Crippen LogP contribution in [0.2, 0.25) is 0 Å². The molecule has 1 fully saturated rings. The number of fused-ring (bicyclic) bond motifs is 1. The van der Waals surface area contributed by atoms with Crippen LogP contribution >= 0.6 is 11.8 Å². The van der Waals surface area contributed by atoms with Gasteiger partial charge in [0.25, 0.3) is 0 Å². The fourth-order valence-electron chi connectivity index (χ4n) is 4.22. The summed E-state index contributed by atoms with van der Waals surface area (Å²) in [5.41, 5.74) is 2.75. The Labute approximate surface area is 192 Å². The Morgan fingerprint density at radius 3 is 2.72 bits per heavy atom. The van der Waals surface area contributed by atoms with Gasteiger partial charge in [-0.25, -0.2) is 4.79 Å². The van der Waals surface area contributed by atoms with Crippen LogP contribution in [0.25, 0.3) is 0 Å².